The first kappa shape index (κ1) is 20.2. The maximum atomic E-state index is 13.3. The minimum Gasteiger partial charge on any atom is -0.360 e. The molecule has 1 atom stereocenters. The average molecular weight is 399 g/mol. The van der Waals surface area contributed by atoms with Crippen molar-refractivity contribution in [2.24, 2.45) is 0 Å². The summed E-state index contributed by atoms with van der Waals surface area (Å²) in [7, 11) is 0. The van der Waals surface area contributed by atoms with Crippen molar-refractivity contribution >= 4 is 17.6 Å². The molecule has 0 fully saturated rings. The van der Waals surface area contributed by atoms with E-state index >= 15 is 0 Å². The molecular formula is C21H19F2N3O3. The van der Waals surface area contributed by atoms with Gasteiger partial charge in [0.1, 0.15) is 17.4 Å². The molecule has 2 N–H and O–H groups in total. The topological polar surface area (TPSA) is 84.2 Å². The molecule has 0 bridgehead atoms. The van der Waals surface area contributed by atoms with Crippen LogP contribution in [0.2, 0.25) is 0 Å². The Morgan fingerprint density at radius 3 is 2.24 bits per heavy atom. The van der Waals surface area contributed by atoms with Crippen molar-refractivity contribution in [2.75, 3.05) is 11.9 Å². The Kier molecular flexibility index (Phi) is 6.33. The van der Waals surface area contributed by atoms with Gasteiger partial charge in [-0.05, 0) is 48.7 Å². The number of hydrogen-bond acceptors (Lipinski definition) is 4. The maximum Gasteiger partial charge on any atom is 0.245 e. The lowest BCUT2D eigenvalue weighted by Gasteiger charge is -2.17. The van der Waals surface area contributed by atoms with E-state index in [1.165, 1.54) is 36.4 Å². The number of halogens is 2. The number of rotatable bonds is 7. The van der Waals surface area contributed by atoms with Gasteiger partial charge in [-0.15, -0.1) is 0 Å². The Morgan fingerprint density at radius 2 is 1.66 bits per heavy atom. The number of carbonyl (C=O) groups excluding carboxylic acids is 2. The van der Waals surface area contributed by atoms with Gasteiger partial charge in [-0.25, -0.2) is 8.78 Å². The zero-order chi connectivity index (χ0) is 20.8. The Balaban J connectivity index is 1.68. The van der Waals surface area contributed by atoms with Crippen LogP contribution in [0.3, 0.4) is 0 Å². The lowest BCUT2D eigenvalue weighted by Crippen LogP contribution is -2.36. The highest BCUT2D eigenvalue weighted by atomic mass is 19.1. The van der Waals surface area contributed by atoms with Crippen LogP contribution in [0.15, 0.2) is 59.1 Å². The first-order valence-corrected chi connectivity index (χ1v) is 8.91. The van der Waals surface area contributed by atoms with Gasteiger partial charge in [0.2, 0.25) is 11.8 Å². The molecule has 1 aromatic heterocycles. The van der Waals surface area contributed by atoms with Crippen molar-refractivity contribution in [1.29, 1.82) is 0 Å². The number of amides is 2. The predicted octanol–water partition coefficient (Wildman–Crippen LogP) is 3.34. The first-order valence-electron chi connectivity index (χ1n) is 8.91. The van der Waals surface area contributed by atoms with Crippen LogP contribution in [0.25, 0.3) is 0 Å². The summed E-state index contributed by atoms with van der Waals surface area (Å²) in [5.74, 6) is -1.56. The fraction of sp³-hybridized carbons (Fsp3) is 0.190. The summed E-state index contributed by atoms with van der Waals surface area (Å²) < 4.78 is 31.3. The van der Waals surface area contributed by atoms with Gasteiger partial charge < -0.3 is 15.2 Å². The number of benzene rings is 2. The minimum atomic E-state index is -0.678. The Bertz CT molecular complexity index is 985. The zero-order valence-electron chi connectivity index (χ0n) is 15.6. The standard InChI is InChI=1S/C21H19F2N3O3/c1-13-10-19(26-29-13)25-20(27)12-24-21(28)18(15-4-8-17(23)9-5-15)11-14-2-6-16(22)7-3-14/h2-10,18H,11-12H2,1H3,(H,24,28)(H,25,26,27). The molecule has 150 valence electrons. The van der Waals surface area contributed by atoms with Crippen molar-refractivity contribution in [3.8, 4) is 0 Å². The Morgan fingerprint density at radius 1 is 1.03 bits per heavy atom. The number of aryl methyl sites for hydroxylation is 1. The summed E-state index contributed by atoms with van der Waals surface area (Å²) >= 11 is 0. The third-order valence-electron chi connectivity index (χ3n) is 4.26. The molecule has 0 aliphatic carbocycles. The lowest BCUT2D eigenvalue weighted by molar-refractivity contribution is -0.125. The van der Waals surface area contributed by atoms with Crippen LogP contribution in [0.4, 0.5) is 14.6 Å². The number of carbonyl (C=O) groups is 2. The van der Waals surface area contributed by atoms with E-state index in [-0.39, 0.29) is 24.6 Å². The van der Waals surface area contributed by atoms with E-state index < -0.39 is 23.5 Å². The van der Waals surface area contributed by atoms with Crippen LogP contribution >= 0.6 is 0 Å². The van der Waals surface area contributed by atoms with E-state index in [2.05, 4.69) is 15.8 Å². The molecule has 0 spiro atoms. The highest BCUT2D eigenvalue weighted by molar-refractivity contribution is 5.95. The fourth-order valence-corrected chi connectivity index (χ4v) is 2.82. The summed E-state index contributed by atoms with van der Waals surface area (Å²) in [6.45, 7) is 1.42. The molecular weight excluding hydrogens is 380 g/mol. The van der Waals surface area contributed by atoms with E-state index in [0.29, 0.717) is 11.3 Å². The van der Waals surface area contributed by atoms with E-state index in [1.54, 1.807) is 25.1 Å². The normalized spacial score (nSPS) is 11.7. The lowest BCUT2D eigenvalue weighted by atomic mass is 9.91. The van der Waals surface area contributed by atoms with Gasteiger partial charge in [-0.1, -0.05) is 29.4 Å². The Hall–Kier alpha value is -3.55. The van der Waals surface area contributed by atoms with Crippen LogP contribution in [-0.2, 0) is 16.0 Å². The second kappa shape index (κ2) is 9.09. The van der Waals surface area contributed by atoms with E-state index in [9.17, 15) is 18.4 Å². The molecule has 2 aromatic carbocycles. The summed E-state index contributed by atoms with van der Waals surface area (Å²) in [5, 5.41) is 8.74. The highest BCUT2D eigenvalue weighted by Crippen LogP contribution is 2.22. The van der Waals surface area contributed by atoms with Gasteiger partial charge in [-0.3, -0.25) is 9.59 Å². The van der Waals surface area contributed by atoms with Crippen molar-refractivity contribution in [3.63, 3.8) is 0 Å². The smallest absolute Gasteiger partial charge is 0.245 e. The van der Waals surface area contributed by atoms with Crippen molar-refractivity contribution < 1.29 is 22.9 Å². The SMILES string of the molecule is Cc1cc(NC(=O)CNC(=O)C(Cc2ccc(F)cc2)c2ccc(F)cc2)no1. The van der Waals surface area contributed by atoms with Crippen molar-refractivity contribution in [3.05, 3.63) is 83.1 Å². The zero-order valence-corrected chi connectivity index (χ0v) is 15.6. The third kappa shape index (κ3) is 5.71. The number of hydrogen-bond donors (Lipinski definition) is 2. The molecule has 1 unspecified atom stereocenters. The molecule has 8 heteroatoms. The van der Waals surface area contributed by atoms with E-state index in [0.717, 1.165) is 5.56 Å². The number of nitrogens with one attached hydrogen (secondary N) is 2. The summed E-state index contributed by atoms with van der Waals surface area (Å²) in [6.07, 6.45) is 0.266. The largest absolute Gasteiger partial charge is 0.360 e. The van der Waals surface area contributed by atoms with Gasteiger partial charge in [-0.2, -0.15) is 0 Å². The number of aromatic nitrogens is 1. The molecule has 0 saturated carbocycles. The molecule has 3 aromatic rings. The molecule has 3 rings (SSSR count). The molecule has 29 heavy (non-hydrogen) atoms. The highest BCUT2D eigenvalue weighted by Gasteiger charge is 2.22. The van der Waals surface area contributed by atoms with Gasteiger partial charge in [0.25, 0.3) is 0 Å². The number of anilines is 1. The second-order valence-corrected chi connectivity index (χ2v) is 6.52. The average Bonchev–Trinajstić information content (AvgIpc) is 3.11. The monoisotopic (exact) mass is 399 g/mol. The van der Waals surface area contributed by atoms with Crippen LogP contribution in [0.5, 0.6) is 0 Å². The minimum absolute atomic E-state index is 0.253. The number of nitrogens with zero attached hydrogens (tertiary/aromatic N) is 1. The van der Waals surface area contributed by atoms with Crippen LogP contribution in [0, 0.1) is 18.6 Å². The molecule has 0 radical (unpaired) electrons. The van der Waals surface area contributed by atoms with E-state index in [1.807, 2.05) is 0 Å². The van der Waals surface area contributed by atoms with Crippen molar-refractivity contribution in [2.45, 2.75) is 19.3 Å². The maximum absolute atomic E-state index is 13.3. The van der Waals surface area contributed by atoms with Crippen LogP contribution in [0.1, 0.15) is 22.8 Å². The van der Waals surface area contributed by atoms with Gasteiger partial charge in [0.15, 0.2) is 5.82 Å². The van der Waals surface area contributed by atoms with Gasteiger partial charge >= 0.3 is 0 Å². The molecule has 0 aliphatic heterocycles. The molecule has 6 nitrogen and oxygen atoms in total. The third-order valence-corrected chi connectivity index (χ3v) is 4.26. The van der Waals surface area contributed by atoms with Gasteiger partial charge in [0.05, 0.1) is 12.5 Å². The molecule has 0 aliphatic rings. The first-order chi connectivity index (χ1) is 13.9. The second-order valence-electron chi connectivity index (χ2n) is 6.52. The summed E-state index contributed by atoms with van der Waals surface area (Å²) in [4.78, 5) is 24.8. The molecule has 1 heterocycles. The summed E-state index contributed by atoms with van der Waals surface area (Å²) in [6, 6.07) is 12.9. The van der Waals surface area contributed by atoms with Crippen LogP contribution in [-0.4, -0.2) is 23.5 Å². The Labute approximate surface area is 165 Å². The summed E-state index contributed by atoms with van der Waals surface area (Å²) in [5.41, 5.74) is 1.32. The quantitative estimate of drug-likeness (QED) is 0.638. The van der Waals surface area contributed by atoms with Crippen LogP contribution < -0.4 is 10.6 Å². The molecule has 2 amide bonds. The fourth-order valence-electron chi connectivity index (χ4n) is 2.82. The predicted molar refractivity (Wildman–Crippen MR) is 102 cm³/mol. The van der Waals surface area contributed by atoms with Gasteiger partial charge in [0, 0.05) is 6.07 Å². The van der Waals surface area contributed by atoms with Crippen molar-refractivity contribution in [1.82, 2.24) is 10.5 Å². The molecule has 0 saturated heterocycles. The van der Waals surface area contributed by atoms with E-state index in [4.69, 9.17) is 4.52 Å².